The zero-order valence-electron chi connectivity index (χ0n) is 16.2. The molecule has 2 fully saturated rings. The molecule has 0 radical (unpaired) electrons. The van der Waals surface area contributed by atoms with Crippen LogP contribution in [0.15, 0.2) is 41.6 Å². The fourth-order valence-corrected chi connectivity index (χ4v) is 3.96. The van der Waals surface area contributed by atoms with E-state index in [1.54, 1.807) is 28.1 Å². The highest BCUT2D eigenvalue weighted by Gasteiger charge is 2.26. The van der Waals surface area contributed by atoms with Gasteiger partial charge in [0.2, 0.25) is 0 Å². The number of hydrogen-bond donors (Lipinski definition) is 0. The van der Waals surface area contributed by atoms with E-state index in [0.717, 1.165) is 43.8 Å². The van der Waals surface area contributed by atoms with E-state index in [0.29, 0.717) is 19.6 Å². The van der Waals surface area contributed by atoms with Gasteiger partial charge in [0.15, 0.2) is 0 Å². The van der Waals surface area contributed by atoms with Gasteiger partial charge in [-0.15, -0.1) is 0 Å². The first kappa shape index (κ1) is 18.7. The van der Waals surface area contributed by atoms with Gasteiger partial charge >= 0.3 is 0 Å². The smallest absolute Gasteiger partial charge is 0.263 e. The fourth-order valence-electron chi connectivity index (χ4n) is 3.96. The monoisotopic (exact) mass is 382 g/mol. The fraction of sp³-hybridized carbons (Fsp3) is 0.476. The van der Waals surface area contributed by atoms with Crippen LogP contribution in [0.2, 0.25) is 0 Å². The van der Waals surface area contributed by atoms with Gasteiger partial charge < -0.3 is 19.1 Å². The lowest BCUT2D eigenvalue weighted by molar-refractivity contribution is 0.0740. The summed E-state index contributed by atoms with van der Waals surface area (Å²) in [6.07, 6.45) is 7.37. The van der Waals surface area contributed by atoms with Gasteiger partial charge in [0.1, 0.15) is 5.56 Å². The molecule has 2 aliphatic heterocycles. The summed E-state index contributed by atoms with van der Waals surface area (Å²) in [5, 5.41) is 0. The molecule has 1 unspecified atom stereocenters. The highest BCUT2D eigenvalue weighted by Crippen LogP contribution is 2.17. The van der Waals surface area contributed by atoms with Crippen molar-refractivity contribution in [1.29, 1.82) is 0 Å². The zero-order valence-corrected chi connectivity index (χ0v) is 16.2. The topological polar surface area (TPSA) is 67.7 Å². The second kappa shape index (κ2) is 8.14. The van der Waals surface area contributed by atoms with Gasteiger partial charge in [0.25, 0.3) is 11.5 Å². The first-order valence-corrected chi connectivity index (χ1v) is 9.89. The summed E-state index contributed by atoms with van der Waals surface area (Å²) in [5.74, 6) is -0.168. The standard InChI is InChI=1S/C21H26N4O3/c1-16-6-9-25(15-18-3-2-14-28-18)21(27)19(16)20(26)24-12-10-23(11-13-24)17-4-7-22-8-5-17/h4-9,18H,2-3,10-15H2,1H3. The van der Waals surface area contributed by atoms with Crippen molar-refractivity contribution >= 4 is 11.6 Å². The van der Waals surface area contributed by atoms with Crippen LogP contribution in [0.4, 0.5) is 5.69 Å². The molecule has 148 valence electrons. The third-order valence-corrected chi connectivity index (χ3v) is 5.61. The van der Waals surface area contributed by atoms with E-state index in [9.17, 15) is 9.59 Å². The molecule has 2 aromatic heterocycles. The van der Waals surface area contributed by atoms with Gasteiger partial charge in [-0.05, 0) is 43.5 Å². The number of carbonyl (C=O) groups excluding carboxylic acids is 1. The van der Waals surface area contributed by atoms with Crippen molar-refractivity contribution in [2.45, 2.75) is 32.4 Å². The summed E-state index contributed by atoms with van der Waals surface area (Å²) < 4.78 is 7.28. The minimum absolute atomic E-state index is 0.0623. The van der Waals surface area contributed by atoms with Gasteiger partial charge in [0.05, 0.1) is 12.6 Å². The van der Waals surface area contributed by atoms with Crippen molar-refractivity contribution in [2.24, 2.45) is 0 Å². The Morgan fingerprint density at radius 3 is 2.61 bits per heavy atom. The maximum Gasteiger partial charge on any atom is 0.263 e. The number of ether oxygens (including phenoxy) is 1. The summed E-state index contributed by atoms with van der Waals surface area (Å²) in [6, 6.07) is 5.81. The third-order valence-electron chi connectivity index (χ3n) is 5.61. The van der Waals surface area contributed by atoms with Crippen molar-refractivity contribution in [3.05, 3.63) is 58.3 Å². The Labute approximate surface area is 164 Å². The Balaban J connectivity index is 1.48. The molecule has 0 N–H and O–H groups in total. The Morgan fingerprint density at radius 1 is 1.18 bits per heavy atom. The highest BCUT2D eigenvalue weighted by molar-refractivity contribution is 5.95. The number of piperazine rings is 1. The van der Waals surface area contributed by atoms with E-state index in [1.165, 1.54) is 0 Å². The molecule has 0 bridgehead atoms. The summed E-state index contributed by atoms with van der Waals surface area (Å²) in [7, 11) is 0. The van der Waals surface area contributed by atoms with Crippen LogP contribution in [-0.4, -0.2) is 59.2 Å². The van der Waals surface area contributed by atoms with E-state index >= 15 is 0 Å². The minimum Gasteiger partial charge on any atom is -0.376 e. The summed E-state index contributed by atoms with van der Waals surface area (Å²) in [4.78, 5) is 34.2. The lowest BCUT2D eigenvalue weighted by Crippen LogP contribution is -2.50. The van der Waals surface area contributed by atoms with Crippen molar-refractivity contribution in [2.75, 3.05) is 37.7 Å². The van der Waals surface area contributed by atoms with Crippen molar-refractivity contribution in [3.63, 3.8) is 0 Å². The minimum atomic E-state index is -0.211. The number of rotatable bonds is 4. The molecule has 0 aromatic carbocycles. The molecule has 1 amide bonds. The maximum absolute atomic E-state index is 13.1. The molecule has 4 rings (SSSR count). The highest BCUT2D eigenvalue weighted by atomic mass is 16.5. The number of aromatic nitrogens is 2. The lowest BCUT2D eigenvalue weighted by atomic mass is 10.1. The van der Waals surface area contributed by atoms with E-state index in [4.69, 9.17) is 4.74 Å². The van der Waals surface area contributed by atoms with Crippen molar-refractivity contribution < 1.29 is 9.53 Å². The molecule has 0 saturated carbocycles. The number of anilines is 1. The van der Waals surface area contributed by atoms with Crippen LogP contribution in [-0.2, 0) is 11.3 Å². The van der Waals surface area contributed by atoms with Crippen molar-refractivity contribution in [1.82, 2.24) is 14.5 Å². The normalized spacial score (nSPS) is 19.8. The predicted octanol–water partition coefficient (Wildman–Crippen LogP) is 1.69. The summed E-state index contributed by atoms with van der Waals surface area (Å²) in [5.41, 5.74) is 1.92. The van der Waals surface area contributed by atoms with Crippen LogP contribution >= 0.6 is 0 Å². The molecule has 2 saturated heterocycles. The molecular weight excluding hydrogens is 356 g/mol. The molecule has 28 heavy (non-hydrogen) atoms. The summed E-state index contributed by atoms with van der Waals surface area (Å²) in [6.45, 7) is 5.77. The second-order valence-corrected chi connectivity index (χ2v) is 7.45. The van der Waals surface area contributed by atoms with Gasteiger partial charge in [0, 0.05) is 57.1 Å². The van der Waals surface area contributed by atoms with E-state index < -0.39 is 0 Å². The number of nitrogens with zero attached hydrogens (tertiary/aromatic N) is 4. The average molecular weight is 382 g/mol. The number of carbonyl (C=O) groups is 1. The quantitative estimate of drug-likeness (QED) is 0.805. The Kier molecular flexibility index (Phi) is 5.43. The van der Waals surface area contributed by atoms with Crippen LogP contribution in [0.25, 0.3) is 0 Å². The zero-order chi connectivity index (χ0) is 19.5. The van der Waals surface area contributed by atoms with Gasteiger partial charge in [-0.1, -0.05) is 0 Å². The van der Waals surface area contributed by atoms with E-state index in [-0.39, 0.29) is 23.1 Å². The number of aryl methyl sites for hydroxylation is 1. The van der Waals surface area contributed by atoms with Crippen LogP contribution in [0, 0.1) is 6.92 Å². The molecule has 0 aliphatic carbocycles. The van der Waals surface area contributed by atoms with Gasteiger partial charge in [-0.25, -0.2) is 0 Å². The van der Waals surface area contributed by atoms with Crippen LogP contribution in [0.5, 0.6) is 0 Å². The Hall–Kier alpha value is -2.67. The number of amides is 1. The first-order chi connectivity index (χ1) is 13.6. The third kappa shape index (κ3) is 3.80. The lowest BCUT2D eigenvalue weighted by Gasteiger charge is -2.36. The second-order valence-electron chi connectivity index (χ2n) is 7.45. The number of hydrogen-bond acceptors (Lipinski definition) is 5. The van der Waals surface area contributed by atoms with Crippen molar-refractivity contribution in [3.8, 4) is 0 Å². The molecule has 2 aromatic rings. The van der Waals surface area contributed by atoms with Gasteiger partial charge in [-0.2, -0.15) is 0 Å². The molecule has 0 spiro atoms. The maximum atomic E-state index is 13.1. The average Bonchev–Trinajstić information content (AvgIpc) is 3.24. The SMILES string of the molecule is Cc1ccn(CC2CCCO2)c(=O)c1C(=O)N1CCN(c2ccncc2)CC1. The summed E-state index contributed by atoms with van der Waals surface area (Å²) >= 11 is 0. The predicted molar refractivity (Wildman–Crippen MR) is 107 cm³/mol. The molecular formula is C21H26N4O3. The van der Waals surface area contributed by atoms with Crippen LogP contribution < -0.4 is 10.5 Å². The van der Waals surface area contributed by atoms with Crippen LogP contribution in [0.1, 0.15) is 28.8 Å². The first-order valence-electron chi connectivity index (χ1n) is 9.89. The Bertz CT molecular complexity index is 882. The molecule has 7 nitrogen and oxygen atoms in total. The molecule has 4 heterocycles. The molecule has 7 heteroatoms. The van der Waals surface area contributed by atoms with Crippen LogP contribution in [0.3, 0.4) is 0 Å². The van der Waals surface area contributed by atoms with E-state index in [2.05, 4.69) is 9.88 Å². The molecule has 1 atom stereocenters. The van der Waals surface area contributed by atoms with Gasteiger partial charge in [-0.3, -0.25) is 14.6 Å². The largest absolute Gasteiger partial charge is 0.376 e. The number of pyridine rings is 2. The molecule has 2 aliphatic rings. The Morgan fingerprint density at radius 2 is 1.93 bits per heavy atom. The van der Waals surface area contributed by atoms with E-state index in [1.807, 2.05) is 25.1 Å².